The second kappa shape index (κ2) is 9.61. The molecule has 0 saturated heterocycles. The minimum Gasteiger partial charge on any atom is -0.355 e. The van der Waals surface area contributed by atoms with E-state index in [-0.39, 0.29) is 11.8 Å². The molecular weight excluding hydrogens is 416 g/mol. The van der Waals surface area contributed by atoms with E-state index in [1.807, 2.05) is 49.6 Å². The summed E-state index contributed by atoms with van der Waals surface area (Å²) in [7, 11) is 1.83. The van der Waals surface area contributed by atoms with E-state index in [4.69, 9.17) is 0 Å². The Morgan fingerprint density at radius 2 is 1.64 bits per heavy atom. The van der Waals surface area contributed by atoms with Gasteiger partial charge in [-0.1, -0.05) is 18.7 Å². The highest BCUT2D eigenvalue weighted by atomic mass is 16.2. The lowest BCUT2D eigenvalue weighted by molar-refractivity contribution is -0.111. The minimum atomic E-state index is -0.299. The summed E-state index contributed by atoms with van der Waals surface area (Å²) >= 11 is 0. The van der Waals surface area contributed by atoms with E-state index >= 15 is 0 Å². The van der Waals surface area contributed by atoms with Crippen molar-refractivity contribution in [3.05, 3.63) is 97.5 Å². The van der Waals surface area contributed by atoms with Crippen LogP contribution in [-0.4, -0.2) is 26.6 Å². The first-order valence-electron chi connectivity index (χ1n) is 10.2. The summed E-state index contributed by atoms with van der Waals surface area (Å²) in [6.07, 6.45) is 4.77. The Morgan fingerprint density at radius 1 is 0.909 bits per heavy atom. The first-order chi connectivity index (χ1) is 16.0. The zero-order chi connectivity index (χ0) is 23.2. The van der Waals surface area contributed by atoms with E-state index in [9.17, 15) is 9.59 Å². The maximum absolute atomic E-state index is 12.7. The predicted molar refractivity (Wildman–Crippen MR) is 129 cm³/mol. The third-order valence-electron chi connectivity index (χ3n) is 4.73. The van der Waals surface area contributed by atoms with Crippen molar-refractivity contribution >= 4 is 34.6 Å². The number of amides is 2. The molecule has 33 heavy (non-hydrogen) atoms. The molecule has 0 spiro atoms. The summed E-state index contributed by atoms with van der Waals surface area (Å²) in [5.41, 5.74) is 4.79. The molecule has 2 aromatic carbocycles. The molecule has 0 saturated carbocycles. The Morgan fingerprint density at radius 3 is 2.36 bits per heavy atom. The highest BCUT2D eigenvalue weighted by molar-refractivity contribution is 6.03. The fourth-order valence-corrected chi connectivity index (χ4v) is 3.14. The summed E-state index contributed by atoms with van der Waals surface area (Å²) in [4.78, 5) is 28.6. The second-order valence-corrected chi connectivity index (χ2v) is 7.24. The summed E-state index contributed by atoms with van der Waals surface area (Å²) in [6.45, 7) is 3.45. The SMILES string of the molecule is C=CC(=O)Nc1cccc(Nc2ccc(NC(=O)c3cccc(-c4cnn(C)c4)n3)cc2)c1. The number of hydrogen-bond acceptors (Lipinski definition) is 5. The molecule has 0 unspecified atom stereocenters. The smallest absolute Gasteiger partial charge is 0.274 e. The van der Waals surface area contributed by atoms with Crippen LogP contribution in [0, 0.1) is 0 Å². The Bertz CT molecular complexity index is 1310. The highest BCUT2D eigenvalue weighted by Gasteiger charge is 2.10. The molecule has 0 atom stereocenters. The number of carbonyl (C=O) groups excluding carboxylic acids is 2. The monoisotopic (exact) mass is 438 g/mol. The second-order valence-electron chi connectivity index (χ2n) is 7.24. The number of nitrogens with zero attached hydrogens (tertiary/aromatic N) is 3. The van der Waals surface area contributed by atoms with Crippen molar-refractivity contribution < 1.29 is 9.59 Å². The number of aryl methyl sites for hydroxylation is 1. The van der Waals surface area contributed by atoms with Gasteiger partial charge in [0.25, 0.3) is 5.91 Å². The van der Waals surface area contributed by atoms with Crippen LogP contribution in [0.3, 0.4) is 0 Å². The largest absolute Gasteiger partial charge is 0.355 e. The lowest BCUT2D eigenvalue weighted by Gasteiger charge is -2.10. The van der Waals surface area contributed by atoms with Crippen molar-refractivity contribution in [3.8, 4) is 11.3 Å². The van der Waals surface area contributed by atoms with Gasteiger partial charge in [0.05, 0.1) is 11.9 Å². The normalized spacial score (nSPS) is 10.3. The van der Waals surface area contributed by atoms with Gasteiger partial charge >= 0.3 is 0 Å². The molecule has 0 aliphatic rings. The van der Waals surface area contributed by atoms with Crippen molar-refractivity contribution in [1.82, 2.24) is 14.8 Å². The fraction of sp³-hybridized carbons (Fsp3) is 0.0400. The lowest BCUT2D eigenvalue weighted by atomic mass is 10.2. The molecule has 164 valence electrons. The van der Waals surface area contributed by atoms with Crippen molar-refractivity contribution in [1.29, 1.82) is 0 Å². The van der Waals surface area contributed by atoms with Gasteiger partial charge in [0.1, 0.15) is 5.69 Å². The molecule has 0 fully saturated rings. The van der Waals surface area contributed by atoms with Crippen molar-refractivity contribution in [2.45, 2.75) is 0 Å². The molecule has 0 bridgehead atoms. The minimum absolute atomic E-state index is 0.271. The van der Waals surface area contributed by atoms with Crippen LogP contribution in [0.15, 0.2) is 91.8 Å². The Balaban J connectivity index is 1.41. The van der Waals surface area contributed by atoms with Gasteiger partial charge in [-0.15, -0.1) is 0 Å². The quantitative estimate of drug-likeness (QED) is 0.366. The van der Waals surface area contributed by atoms with Crippen LogP contribution in [0.25, 0.3) is 11.3 Å². The van der Waals surface area contributed by atoms with Gasteiger partial charge in [-0.25, -0.2) is 4.98 Å². The molecule has 3 N–H and O–H groups in total. The number of carbonyl (C=O) groups is 2. The average molecular weight is 438 g/mol. The van der Waals surface area contributed by atoms with Gasteiger partial charge in [0, 0.05) is 41.6 Å². The lowest BCUT2D eigenvalue weighted by Crippen LogP contribution is -2.13. The van der Waals surface area contributed by atoms with Crippen LogP contribution in [0.2, 0.25) is 0 Å². The van der Waals surface area contributed by atoms with E-state index < -0.39 is 0 Å². The van der Waals surface area contributed by atoms with E-state index in [1.165, 1.54) is 6.08 Å². The highest BCUT2D eigenvalue weighted by Crippen LogP contribution is 2.22. The maximum atomic E-state index is 12.7. The number of aromatic nitrogens is 3. The van der Waals surface area contributed by atoms with Gasteiger partial charge in [0.15, 0.2) is 0 Å². The number of benzene rings is 2. The summed E-state index contributed by atoms with van der Waals surface area (Å²) < 4.78 is 1.69. The van der Waals surface area contributed by atoms with E-state index in [1.54, 1.807) is 41.2 Å². The fourth-order valence-electron chi connectivity index (χ4n) is 3.14. The molecule has 2 amide bonds. The van der Waals surface area contributed by atoms with Crippen LogP contribution < -0.4 is 16.0 Å². The van der Waals surface area contributed by atoms with Gasteiger partial charge in [-0.3, -0.25) is 14.3 Å². The Kier molecular flexibility index (Phi) is 6.26. The standard InChI is InChI=1S/C25H22N6O2/c1-3-24(32)28-21-7-4-6-20(14-21)27-18-10-12-19(13-11-18)29-25(33)23-9-5-8-22(30-23)17-15-26-31(2)16-17/h3-16,27H,1H2,2H3,(H,28,32)(H,29,33). The molecule has 2 aromatic heterocycles. The number of hydrogen-bond donors (Lipinski definition) is 3. The molecule has 4 aromatic rings. The van der Waals surface area contributed by atoms with Gasteiger partial charge in [-0.05, 0) is 60.7 Å². The van der Waals surface area contributed by atoms with E-state index in [2.05, 4.69) is 32.6 Å². The van der Waals surface area contributed by atoms with Gasteiger partial charge in [0.2, 0.25) is 5.91 Å². The summed E-state index contributed by atoms with van der Waals surface area (Å²) in [6, 6.07) is 19.9. The van der Waals surface area contributed by atoms with E-state index in [0.717, 1.165) is 16.9 Å². The molecule has 8 nitrogen and oxygen atoms in total. The summed E-state index contributed by atoms with van der Waals surface area (Å²) in [5, 5.41) is 13.0. The average Bonchev–Trinajstić information content (AvgIpc) is 3.27. The first-order valence-corrected chi connectivity index (χ1v) is 10.2. The third-order valence-corrected chi connectivity index (χ3v) is 4.73. The molecule has 0 aliphatic carbocycles. The molecule has 2 heterocycles. The number of anilines is 4. The molecule has 8 heteroatoms. The van der Waals surface area contributed by atoms with Crippen molar-refractivity contribution in [3.63, 3.8) is 0 Å². The number of pyridine rings is 1. The molecule has 0 radical (unpaired) electrons. The zero-order valence-electron chi connectivity index (χ0n) is 17.9. The van der Waals surface area contributed by atoms with Crippen molar-refractivity contribution in [2.24, 2.45) is 7.05 Å². The predicted octanol–water partition coefficient (Wildman–Crippen LogP) is 4.60. The van der Waals surface area contributed by atoms with Crippen molar-refractivity contribution in [2.75, 3.05) is 16.0 Å². The van der Waals surface area contributed by atoms with Crippen LogP contribution in [-0.2, 0) is 11.8 Å². The van der Waals surface area contributed by atoms with Crippen LogP contribution in [0.1, 0.15) is 10.5 Å². The van der Waals surface area contributed by atoms with Crippen LogP contribution in [0.5, 0.6) is 0 Å². The molecule has 0 aliphatic heterocycles. The Labute approximate surface area is 191 Å². The molecule has 4 rings (SSSR count). The van der Waals surface area contributed by atoms with Gasteiger partial charge in [-0.2, -0.15) is 5.10 Å². The number of rotatable bonds is 7. The first kappa shape index (κ1) is 21.5. The van der Waals surface area contributed by atoms with E-state index in [0.29, 0.717) is 22.8 Å². The summed E-state index contributed by atoms with van der Waals surface area (Å²) in [5.74, 6) is -0.570. The Hall–Kier alpha value is -4.72. The maximum Gasteiger partial charge on any atom is 0.274 e. The number of nitrogens with one attached hydrogen (secondary N) is 3. The zero-order valence-corrected chi connectivity index (χ0v) is 17.9. The topological polar surface area (TPSA) is 101 Å². The van der Waals surface area contributed by atoms with Gasteiger partial charge < -0.3 is 16.0 Å². The molecular formula is C25H22N6O2. The van der Waals surface area contributed by atoms with Crippen LogP contribution in [0.4, 0.5) is 22.7 Å². The third kappa shape index (κ3) is 5.50. The van der Waals surface area contributed by atoms with Crippen LogP contribution >= 0.6 is 0 Å².